The fourth-order valence-electron chi connectivity index (χ4n) is 6.36. The first kappa shape index (κ1) is 34.3. The van der Waals surface area contributed by atoms with Crippen LogP contribution >= 0.6 is 0 Å². The van der Waals surface area contributed by atoms with Gasteiger partial charge in [0, 0.05) is 5.92 Å². The summed E-state index contributed by atoms with van der Waals surface area (Å²) < 4.78 is 33.7. The van der Waals surface area contributed by atoms with E-state index in [1.807, 2.05) is 103 Å². The maximum absolute atomic E-state index is 12.7. The van der Waals surface area contributed by atoms with Crippen LogP contribution in [0, 0.1) is 5.92 Å². The second-order valence-electron chi connectivity index (χ2n) is 12.5. The Balaban J connectivity index is 1.35. The summed E-state index contributed by atoms with van der Waals surface area (Å²) >= 11 is 0. The molecule has 0 saturated heterocycles. The fourth-order valence-corrected chi connectivity index (χ4v) is 6.36. The van der Waals surface area contributed by atoms with Crippen molar-refractivity contribution in [1.82, 2.24) is 0 Å². The average molecular weight is 657 g/mol. The summed E-state index contributed by atoms with van der Waals surface area (Å²) in [5.41, 5.74) is 4.80. The zero-order valence-corrected chi connectivity index (χ0v) is 27.9. The van der Waals surface area contributed by atoms with E-state index < -0.39 is 18.3 Å². The molecule has 252 valence electrons. The molecule has 6 heteroatoms. The third kappa shape index (κ3) is 9.74. The van der Waals surface area contributed by atoms with Crippen molar-refractivity contribution < 1.29 is 28.5 Å². The van der Waals surface area contributed by atoms with Crippen LogP contribution in [0.25, 0.3) is 0 Å². The fraction of sp³-hybridized carbons (Fsp3) is 0.279. The predicted octanol–water partition coefficient (Wildman–Crippen LogP) is 8.63. The number of hydrogen-bond donors (Lipinski definition) is 0. The number of para-hydroxylation sites is 1. The van der Waals surface area contributed by atoms with Gasteiger partial charge in [-0.2, -0.15) is 0 Å². The molecule has 0 N–H and O–H groups in total. The molecule has 0 radical (unpaired) electrons. The molecule has 6 rings (SSSR count). The maximum Gasteiger partial charge on any atom is 0.163 e. The van der Waals surface area contributed by atoms with Crippen LogP contribution in [0.3, 0.4) is 0 Å². The van der Waals surface area contributed by atoms with E-state index in [0.717, 1.165) is 22.3 Å². The molecule has 1 saturated carbocycles. The monoisotopic (exact) mass is 656 g/mol. The Kier molecular flexibility index (Phi) is 12.4. The standard InChI is InChI=1S/C43H44O6/c1-32(44)38-24-14-15-25-39(38)49-40-26-37(31-45-27-33-16-6-2-7-17-33)41(46-28-34-18-8-3-9-19-34)43(48-30-36-22-12-5-13-23-36)42(40)47-29-35-20-10-4-11-21-35/h2-25,37,40-43H,26-31H2,1H3/t37-,40-,41-,42+,43+/m1/s1. The van der Waals surface area contributed by atoms with Crippen LogP contribution in [-0.4, -0.2) is 36.8 Å². The number of carbonyl (C=O) groups is 1. The molecule has 0 amide bonds. The summed E-state index contributed by atoms with van der Waals surface area (Å²) in [6, 6.07) is 48.0. The van der Waals surface area contributed by atoms with Crippen LogP contribution in [0.15, 0.2) is 146 Å². The van der Waals surface area contributed by atoms with Crippen molar-refractivity contribution in [2.45, 2.75) is 64.2 Å². The Labute approximate surface area is 289 Å². The molecule has 1 fully saturated rings. The second-order valence-corrected chi connectivity index (χ2v) is 12.5. The third-order valence-corrected chi connectivity index (χ3v) is 8.86. The van der Waals surface area contributed by atoms with Crippen LogP contribution in [-0.2, 0) is 45.4 Å². The molecular weight excluding hydrogens is 612 g/mol. The van der Waals surface area contributed by atoms with Crippen molar-refractivity contribution in [3.63, 3.8) is 0 Å². The highest BCUT2D eigenvalue weighted by Crippen LogP contribution is 2.37. The third-order valence-electron chi connectivity index (χ3n) is 8.86. The highest BCUT2D eigenvalue weighted by atomic mass is 16.6. The Morgan fingerprint density at radius 2 is 0.959 bits per heavy atom. The van der Waals surface area contributed by atoms with E-state index in [1.165, 1.54) is 0 Å². The van der Waals surface area contributed by atoms with Gasteiger partial charge < -0.3 is 23.7 Å². The van der Waals surface area contributed by atoms with Crippen molar-refractivity contribution in [1.29, 1.82) is 0 Å². The molecule has 0 heterocycles. The van der Waals surface area contributed by atoms with E-state index in [-0.39, 0.29) is 17.8 Å². The molecular formula is C43H44O6. The summed E-state index contributed by atoms with van der Waals surface area (Å²) in [7, 11) is 0. The van der Waals surface area contributed by atoms with Gasteiger partial charge in [-0.05, 0) is 47.7 Å². The molecule has 0 spiro atoms. The van der Waals surface area contributed by atoms with Crippen molar-refractivity contribution >= 4 is 5.78 Å². The molecule has 1 aliphatic rings. The summed E-state index contributed by atoms with van der Waals surface area (Å²) in [6.07, 6.45) is -1.28. The second kappa shape index (κ2) is 17.7. The summed E-state index contributed by atoms with van der Waals surface area (Å²) in [6.45, 7) is 3.62. The minimum absolute atomic E-state index is 0.0585. The molecule has 0 bridgehead atoms. The quantitative estimate of drug-likeness (QED) is 0.0992. The molecule has 5 aromatic carbocycles. The SMILES string of the molecule is CC(=O)c1ccccc1O[C@@H]1C[C@H](COCc2ccccc2)[C@@H](OCc2ccccc2)[C@H](OCc2ccccc2)[C@H]1OCc1ccccc1. The molecule has 6 nitrogen and oxygen atoms in total. The molecule has 5 aromatic rings. The molecule has 0 unspecified atom stereocenters. The summed E-state index contributed by atoms with van der Waals surface area (Å²) in [5.74, 6) is 0.374. The van der Waals surface area contributed by atoms with Gasteiger partial charge in [-0.1, -0.05) is 133 Å². The normalized spacial score (nSPS) is 20.5. The molecule has 5 atom stereocenters. The van der Waals surface area contributed by atoms with Gasteiger partial charge in [0.05, 0.1) is 44.7 Å². The van der Waals surface area contributed by atoms with Gasteiger partial charge in [-0.3, -0.25) is 4.79 Å². The zero-order valence-electron chi connectivity index (χ0n) is 27.9. The Morgan fingerprint density at radius 3 is 1.47 bits per heavy atom. The van der Waals surface area contributed by atoms with E-state index in [4.69, 9.17) is 23.7 Å². The van der Waals surface area contributed by atoms with Gasteiger partial charge in [0.1, 0.15) is 24.1 Å². The number of ketones is 1. The Bertz CT molecular complexity index is 1700. The lowest BCUT2D eigenvalue weighted by Gasteiger charge is -2.46. The van der Waals surface area contributed by atoms with Crippen molar-refractivity contribution in [3.05, 3.63) is 173 Å². The summed E-state index contributed by atoms with van der Waals surface area (Å²) in [4.78, 5) is 12.7. The Hall–Kier alpha value is -4.59. The Morgan fingerprint density at radius 1 is 0.531 bits per heavy atom. The van der Waals surface area contributed by atoms with Gasteiger partial charge in [0.15, 0.2) is 5.78 Å². The van der Waals surface area contributed by atoms with E-state index in [2.05, 4.69) is 36.4 Å². The summed E-state index contributed by atoms with van der Waals surface area (Å²) in [5, 5.41) is 0. The van der Waals surface area contributed by atoms with Gasteiger partial charge in [-0.15, -0.1) is 0 Å². The van der Waals surface area contributed by atoms with Gasteiger partial charge in [-0.25, -0.2) is 0 Å². The minimum Gasteiger partial charge on any atom is -0.487 e. The molecule has 49 heavy (non-hydrogen) atoms. The lowest BCUT2D eigenvalue weighted by molar-refractivity contribution is -0.220. The van der Waals surface area contributed by atoms with E-state index in [0.29, 0.717) is 50.8 Å². The largest absolute Gasteiger partial charge is 0.487 e. The van der Waals surface area contributed by atoms with Crippen LogP contribution in [0.5, 0.6) is 5.75 Å². The first-order valence-corrected chi connectivity index (χ1v) is 17.0. The number of carbonyl (C=O) groups excluding carboxylic acids is 1. The molecule has 1 aliphatic carbocycles. The van der Waals surface area contributed by atoms with Crippen molar-refractivity contribution in [2.75, 3.05) is 6.61 Å². The van der Waals surface area contributed by atoms with E-state index in [9.17, 15) is 4.79 Å². The van der Waals surface area contributed by atoms with Crippen molar-refractivity contribution in [2.24, 2.45) is 5.92 Å². The number of hydrogen-bond acceptors (Lipinski definition) is 6. The number of Topliss-reactive ketones (excluding diaryl/α,β-unsaturated/α-hetero) is 1. The van der Waals surface area contributed by atoms with Gasteiger partial charge in [0.25, 0.3) is 0 Å². The van der Waals surface area contributed by atoms with Crippen LogP contribution < -0.4 is 4.74 Å². The predicted molar refractivity (Wildman–Crippen MR) is 190 cm³/mol. The van der Waals surface area contributed by atoms with Gasteiger partial charge >= 0.3 is 0 Å². The smallest absolute Gasteiger partial charge is 0.163 e. The van der Waals surface area contributed by atoms with Crippen LogP contribution in [0.2, 0.25) is 0 Å². The lowest BCUT2D eigenvalue weighted by Crippen LogP contribution is -2.59. The van der Waals surface area contributed by atoms with Crippen molar-refractivity contribution in [3.8, 4) is 5.75 Å². The zero-order chi connectivity index (χ0) is 33.7. The number of ether oxygens (including phenoxy) is 5. The maximum atomic E-state index is 12.7. The van der Waals surface area contributed by atoms with E-state index >= 15 is 0 Å². The minimum atomic E-state index is -0.518. The average Bonchev–Trinajstić information content (AvgIpc) is 3.15. The lowest BCUT2D eigenvalue weighted by atomic mass is 9.80. The van der Waals surface area contributed by atoms with Gasteiger partial charge in [0.2, 0.25) is 0 Å². The van der Waals surface area contributed by atoms with Crippen LogP contribution in [0.1, 0.15) is 46.0 Å². The molecule has 0 aromatic heterocycles. The topological polar surface area (TPSA) is 63.2 Å². The first-order chi connectivity index (χ1) is 24.1. The number of rotatable bonds is 16. The van der Waals surface area contributed by atoms with E-state index in [1.54, 1.807) is 13.0 Å². The highest BCUT2D eigenvalue weighted by Gasteiger charge is 2.48. The highest BCUT2D eigenvalue weighted by molar-refractivity contribution is 5.96. The van der Waals surface area contributed by atoms with Crippen LogP contribution in [0.4, 0.5) is 0 Å². The molecule has 0 aliphatic heterocycles. The first-order valence-electron chi connectivity index (χ1n) is 17.0. The number of benzene rings is 5.